The van der Waals surface area contributed by atoms with Crippen LogP contribution in [0.15, 0.2) is 35.3 Å². The zero-order valence-corrected chi connectivity index (χ0v) is 19.3. The zero-order chi connectivity index (χ0) is 19.0. The molecule has 0 aromatic heterocycles. The van der Waals surface area contributed by atoms with Gasteiger partial charge in [-0.2, -0.15) is 0 Å². The molecule has 0 spiro atoms. The molecule has 1 heterocycles. The van der Waals surface area contributed by atoms with Crippen molar-refractivity contribution in [2.24, 2.45) is 10.4 Å². The lowest BCUT2D eigenvalue weighted by molar-refractivity contribution is -0.128. The Morgan fingerprint density at radius 2 is 1.74 bits per heavy atom. The molecule has 0 aliphatic carbocycles. The summed E-state index contributed by atoms with van der Waals surface area (Å²) in [4.78, 5) is 21.3. The summed E-state index contributed by atoms with van der Waals surface area (Å²) < 4.78 is 0. The van der Waals surface area contributed by atoms with Gasteiger partial charge in [-0.15, -0.1) is 24.0 Å². The minimum atomic E-state index is -0.471. The van der Waals surface area contributed by atoms with Gasteiger partial charge in [0.05, 0.1) is 5.41 Å². The van der Waals surface area contributed by atoms with Crippen LogP contribution < -0.4 is 10.6 Å². The number of nitrogens with one attached hydrogen (secondary N) is 2. The SMILES string of the molecule is CCNC(=O)C(C)(C)CNC(=NC)N1CCN(Cc2ccccc2)CC1.I. The number of benzene rings is 1. The van der Waals surface area contributed by atoms with Crippen LogP contribution in [0.25, 0.3) is 0 Å². The molecule has 1 aromatic carbocycles. The van der Waals surface area contributed by atoms with E-state index in [2.05, 4.69) is 55.8 Å². The normalized spacial score (nSPS) is 15.9. The topological polar surface area (TPSA) is 60.0 Å². The van der Waals surface area contributed by atoms with Gasteiger partial charge in [0.25, 0.3) is 0 Å². The number of carbonyl (C=O) groups is 1. The van der Waals surface area contributed by atoms with Crippen LogP contribution in [0.1, 0.15) is 26.3 Å². The van der Waals surface area contributed by atoms with Gasteiger partial charge in [0.2, 0.25) is 5.91 Å². The molecule has 1 amide bonds. The third-order valence-electron chi connectivity index (χ3n) is 4.77. The number of nitrogens with zero attached hydrogens (tertiary/aromatic N) is 3. The molecule has 152 valence electrons. The van der Waals surface area contributed by atoms with Crippen LogP contribution in [0.5, 0.6) is 0 Å². The van der Waals surface area contributed by atoms with Gasteiger partial charge in [0.1, 0.15) is 0 Å². The van der Waals surface area contributed by atoms with E-state index in [1.54, 1.807) is 7.05 Å². The smallest absolute Gasteiger partial charge is 0.227 e. The van der Waals surface area contributed by atoms with E-state index in [4.69, 9.17) is 0 Å². The minimum Gasteiger partial charge on any atom is -0.356 e. The highest BCUT2D eigenvalue weighted by Crippen LogP contribution is 2.14. The maximum Gasteiger partial charge on any atom is 0.227 e. The molecule has 27 heavy (non-hydrogen) atoms. The second-order valence-electron chi connectivity index (χ2n) is 7.39. The number of piperazine rings is 1. The summed E-state index contributed by atoms with van der Waals surface area (Å²) in [5.74, 6) is 0.942. The highest BCUT2D eigenvalue weighted by molar-refractivity contribution is 14.0. The van der Waals surface area contributed by atoms with Crippen LogP contribution in [-0.2, 0) is 11.3 Å². The predicted octanol–water partition coefficient (Wildman–Crippen LogP) is 2.16. The Kier molecular flexibility index (Phi) is 10.1. The van der Waals surface area contributed by atoms with Crippen LogP contribution in [-0.4, -0.2) is 68.0 Å². The van der Waals surface area contributed by atoms with Crippen LogP contribution >= 0.6 is 24.0 Å². The number of amides is 1. The second kappa shape index (κ2) is 11.5. The van der Waals surface area contributed by atoms with Crippen molar-refractivity contribution in [3.63, 3.8) is 0 Å². The summed E-state index contributed by atoms with van der Waals surface area (Å²) in [7, 11) is 1.80. The van der Waals surface area contributed by atoms with Crippen LogP contribution in [0.4, 0.5) is 0 Å². The van der Waals surface area contributed by atoms with Crippen molar-refractivity contribution in [2.45, 2.75) is 27.3 Å². The molecule has 2 rings (SSSR count). The molecule has 0 saturated carbocycles. The number of aliphatic imine (C=N–C) groups is 1. The van der Waals surface area contributed by atoms with E-state index in [0.717, 1.165) is 38.7 Å². The Morgan fingerprint density at radius 1 is 1.11 bits per heavy atom. The van der Waals surface area contributed by atoms with E-state index in [9.17, 15) is 4.79 Å². The first kappa shape index (κ1) is 23.7. The lowest BCUT2D eigenvalue weighted by Gasteiger charge is -2.37. The fraction of sp³-hybridized carbons (Fsp3) is 0.600. The molecule has 1 fully saturated rings. The number of hydrogen-bond donors (Lipinski definition) is 2. The first-order chi connectivity index (χ1) is 12.5. The first-order valence-electron chi connectivity index (χ1n) is 9.46. The molecule has 6 nitrogen and oxygen atoms in total. The molecule has 7 heteroatoms. The number of guanidine groups is 1. The van der Waals surface area contributed by atoms with Crippen molar-refractivity contribution in [2.75, 3.05) is 46.3 Å². The number of rotatable bonds is 6. The molecule has 2 N–H and O–H groups in total. The Labute approximate surface area is 180 Å². The Morgan fingerprint density at radius 3 is 2.30 bits per heavy atom. The summed E-state index contributed by atoms with van der Waals surface area (Å²) in [5.41, 5.74) is 0.883. The molecule has 0 atom stereocenters. The van der Waals surface area contributed by atoms with E-state index in [0.29, 0.717) is 13.1 Å². The fourth-order valence-electron chi connectivity index (χ4n) is 3.07. The fourth-order valence-corrected chi connectivity index (χ4v) is 3.07. The van der Waals surface area contributed by atoms with Gasteiger partial charge < -0.3 is 15.5 Å². The minimum absolute atomic E-state index is 0. The number of halogens is 1. The van der Waals surface area contributed by atoms with E-state index in [1.807, 2.05) is 20.8 Å². The van der Waals surface area contributed by atoms with Crippen molar-refractivity contribution in [3.8, 4) is 0 Å². The standard InChI is InChI=1S/C20H33N5O.HI/c1-5-22-18(26)20(2,3)16-23-19(21-4)25-13-11-24(12-14-25)15-17-9-7-6-8-10-17;/h6-10H,5,11-16H2,1-4H3,(H,21,23)(H,22,26);1H. The Balaban J connectivity index is 0.00000364. The number of hydrogen-bond acceptors (Lipinski definition) is 3. The van der Waals surface area contributed by atoms with Crippen molar-refractivity contribution in [1.82, 2.24) is 20.4 Å². The molecule has 0 radical (unpaired) electrons. The van der Waals surface area contributed by atoms with Crippen LogP contribution in [0.2, 0.25) is 0 Å². The van der Waals surface area contributed by atoms with E-state index in [-0.39, 0.29) is 29.9 Å². The van der Waals surface area contributed by atoms with Gasteiger partial charge in [0.15, 0.2) is 5.96 Å². The van der Waals surface area contributed by atoms with Gasteiger partial charge in [-0.1, -0.05) is 30.3 Å². The summed E-state index contributed by atoms with van der Waals surface area (Å²) >= 11 is 0. The van der Waals surface area contributed by atoms with Gasteiger partial charge in [-0.25, -0.2) is 0 Å². The molecule has 1 aliphatic rings. The maximum atomic E-state index is 12.1. The second-order valence-corrected chi connectivity index (χ2v) is 7.39. The van der Waals surface area contributed by atoms with Crippen LogP contribution in [0.3, 0.4) is 0 Å². The summed E-state index contributed by atoms with van der Waals surface area (Å²) in [6, 6.07) is 10.6. The van der Waals surface area contributed by atoms with Crippen molar-refractivity contribution in [3.05, 3.63) is 35.9 Å². The van der Waals surface area contributed by atoms with Crippen molar-refractivity contribution in [1.29, 1.82) is 0 Å². The summed E-state index contributed by atoms with van der Waals surface area (Å²) in [6.07, 6.45) is 0. The predicted molar refractivity (Wildman–Crippen MR) is 123 cm³/mol. The van der Waals surface area contributed by atoms with Gasteiger partial charge in [-0.3, -0.25) is 14.7 Å². The molecular weight excluding hydrogens is 453 g/mol. The quantitative estimate of drug-likeness (QED) is 0.367. The molecule has 0 bridgehead atoms. The summed E-state index contributed by atoms with van der Waals surface area (Å²) in [6.45, 7) is 12.0. The van der Waals surface area contributed by atoms with Crippen molar-refractivity contribution < 1.29 is 4.79 Å². The maximum absolute atomic E-state index is 12.1. The van der Waals surface area contributed by atoms with Gasteiger partial charge in [0, 0.05) is 52.9 Å². The van der Waals surface area contributed by atoms with E-state index in [1.165, 1.54) is 5.56 Å². The average molecular weight is 487 g/mol. The Hall–Kier alpha value is -1.35. The van der Waals surface area contributed by atoms with Crippen LogP contribution in [0, 0.1) is 5.41 Å². The van der Waals surface area contributed by atoms with Gasteiger partial charge >= 0.3 is 0 Å². The average Bonchev–Trinajstić information content (AvgIpc) is 2.64. The highest BCUT2D eigenvalue weighted by atomic mass is 127. The first-order valence-corrected chi connectivity index (χ1v) is 9.46. The molecule has 1 aromatic rings. The van der Waals surface area contributed by atoms with Crippen molar-refractivity contribution >= 4 is 35.8 Å². The third kappa shape index (κ3) is 7.29. The number of carbonyl (C=O) groups excluding carboxylic acids is 1. The lowest BCUT2D eigenvalue weighted by Crippen LogP contribution is -2.54. The highest BCUT2D eigenvalue weighted by Gasteiger charge is 2.28. The van der Waals surface area contributed by atoms with Gasteiger partial charge in [-0.05, 0) is 26.3 Å². The largest absolute Gasteiger partial charge is 0.356 e. The zero-order valence-electron chi connectivity index (χ0n) is 17.0. The third-order valence-corrected chi connectivity index (χ3v) is 4.77. The summed E-state index contributed by atoms with van der Waals surface area (Å²) in [5, 5.41) is 6.28. The Bertz CT molecular complexity index is 598. The molecule has 0 unspecified atom stereocenters. The van der Waals surface area contributed by atoms with E-state index < -0.39 is 5.41 Å². The lowest BCUT2D eigenvalue weighted by atomic mass is 9.92. The molecular formula is C20H34IN5O. The monoisotopic (exact) mass is 487 g/mol. The molecule has 1 saturated heterocycles. The molecule has 1 aliphatic heterocycles. The van der Waals surface area contributed by atoms with E-state index >= 15 is 0 Å².